The van der Waals surface area contributed by atoms with Crippen molar-refractivity contribution in [3.63, 3.8) is 0 Å². The first-order valence-corrected chi connectivity index (χ1v) is 8.50. The first-order valence-electron chi connectivity index (χ1n) is 8.50. The fourth-order valence-corrected chi connectivity index (χ4v) is 3.27. The molecule has 0 bridgehead atoms. The summed E-state index contributed by atoms with van der Waals surface area (Å²) in [5.41, 5.74) is 6.82. The smallest absolute Gasteiger partial charge is 0.270 e. The van der Waals surface area contributed by atoms with Crippen LogP contribution in [-0.2, 0) is 6.42 Å². The standard InChI is InChI=1S/C22H18N2O2/c1-16-14-23-15-20(18-8-5-9-21(11-18)24(25)26)13-22(23)12-19(16)10-17-6-3-2-4-7-17/h2-9,11-15H,10H2,1H3. The van der Waals surface area contributed by atoms with E-state index in [2.05, 4.69) is 53.9 Å². The molecule has 0 saturated heterocycles. The molecular formula is C22H18N2O2. The van der Waals surface area contributed by atoms with Gasteiger partial charge >= 0.3 is 0 Å². The molecule has 4 aromatic rings. The van der Waals surface area contributed by atoms with Crippen molar-refractivity contribution in [2.75, 3.05) is 0 Å². The summed E-state index contributed by atoms with van der Waals surface area (Å²) in [6.07, 6.45) is 5.03. The molecule has 4 heteroatoms. The van der Waals surface area contributed by atoms with Crippen LogP contribution < -0.4 is 0 Å². The summed E-state index contributed by atoms with van der Waals surface area (Å²) in [4.78, 5) is 10.7. The molecule has 0 saturated carbocycles. The van der Waals surface area contributed by atoms with E-state index in [0.29, 0.717) is 0 Å². The second-order valence-electron chi connectivity index (χ2n) is 6.51. The van der Waals surface area contributed by atoms with Crippen molar-refractivity contribution in [1.82, 2.24) is 4.40 Å². The molecule has 0 spiro atoms. The lowest BCUT2D eigenvalue weighted by atomic mass is 10.0. The number of pyridine rings is 1. The highest BCUT2D eigenvalue weighted by Crippen LogP contribution is 2.27. The summed E-state index contributed by atoms with van der Waals surface area (Å²) in [6.45, 7) is 2.12. The first kappa shape index (κ1) is 16.1. The molecule has 0 unspecified atom stereocenters. The number of hydrogen-bond acceptors (Lipinski definition) is 2. The van der Waals surface area contributed by atoms with Crippen LogP contribution in [0, 0.1) is 17.0 Å². The summed E-state index contributed by atoms with van der Waals surface area (Å²) < 4.78 is 2.08. The lowest BCUT2D eigenvalue weighted by Gasteiger charge is -2.07. The number of non-ortho nitro benzene ring substituents is 1. The Bertz CT molecular complexity index is 1100. The lowest BCUT2D eigenvalue weighted by molar-refractivity contribution is -0.384. The highest BCUT2D eigenvalue weighted by molar-refractivity contribution is 5.72. The molecule has 4 nitrogen and oxygen atoms in total. The van der Waals surface area contributed by atoms with Gasteiger partial charge in [0.15, 0.2) is 0 Å². The second kappa shape index (κ2) is 6.48. The van der Waals surface area contributed by atoms with Crippen molar-refractivity contribution in [3.05, 3.63) is 106 Å². The molecule has 0 aliphatic rings. The number of hydrogen-bond donors (Lipinski definition) is 0. The Balaban J connectivity index is 1.74. The van der Waals surface area contributed by atoms with Crippen LogP contribution in [0.25, 0.3) is 16.6 Å². The van der Waals surface area contributed by atoms with Gasteiger partial charge in [0.2, 0.25) is 0 Å². The Hall–Kier alpha value is -3.40. The normalized spacial score (nSPS) is 11.0. The molecule has 2 heterocycles. The van der Waals surface area contributed by atoms with Gasteiger partial charge in [-0.3, -0.25) is 10.1 Å². The molecule has 26 heavy (non-hydrogen) atoms. The quantitative estimate of drug-likeness (QED) is 0.367. The van der Waals surface area contributed by atoms with E-state index in [-0.39, 0.29) is 10.6 Å². The van der Waals surface area contributed by atoms with Crippen LogP contribution in [0.2, 0.25) is 0 Å². The van der Waals surface area contributed by atoms with E-state index in [1.54, 1.807) is 12.1 Å². The Morgan fingerprint density at radius 3 is 2.50 bits per heavy atom. The minimum absolute atomic E-state index is 0.110. The predicted octanol–water partition coefficient (Wildman–Crippen LogP) is 5.41. The first-order chi connectivity index (χ1) is 12.6. The van der Waals surface area contributed by atoms with Gasteiger partial charge in [-0.05, 0) is 47.7 Å². The zero-order valence-electron chi connectivity index (χ0n) is 14.4. The predicted molar refractivity (Wildman–Crippen MR) is 103 cm³/mol. The van der Waals surface area contributed by atoms with Crippen LogP contribution in [0.5, 0.6) is 0 Å². The van der Waals surface area contributed by atoms with E-state index in [9.17, 15) is 10.1 Å². The van der Waals surface area contributed by atoms with Gasteiger partial charge in [0.05, 0.1) is 4.92 Å². The molecule has 2 aromatic heterocycles. The average molecular weight is 342 g/mol. The van der Waals surface area contributed by atoms with Crippen molar-refractivity contribution in [2.45, 2.75) is 13.3 Å². The molecule has 0 aliphatic carbocycles. The highest BCUT2D eigenvalue weighted by atomic mass is 16.6. The maximum absolute atomic E-state index is 11.0. The molecule has 0 fully saturated rings. The summed E-state index contributed by atoms with van der Waals surface area (Å²) in [5, 5.41) is 11.0. The summed E-state index contributed by atoms with van der Waals surface area (Å²) in [6, 6.07) is 21.4. The van der Waals surface area contributed by atoms with Crippen LogP contribution in [0.3, 0.4) is 0 Å². The third kappa shape index (κ3) is 3.09. The van der Waals surface area contributed by atoms with E-state index in [0.717, 1.165) is 23.1 Å². The molecule has 0 N–H and O–H groups in total. The number of aryl methyl sites for hydroxylation is 1. The van der Waals surface area contributed by atoms with E-state index < -0.39 is 0 Å². The Kier molecular flexibility index (Phi) is 4.01. The molecule has 0 amide bonds. The number of rotatable bonds is 4. The van der Waals surface area contributed by atoms with Crippen LogP contribution in [0.1, 0.15) is 16.7 Å². The monoisotopic (exact) mass is 342 g/mol. The zero-order valence-corrected chi connectivity index (χ0v) is 14.4. The molecule has 4 rings (SSSR count). The molecule has 2 aromatic carbocycles. The number of nitro groups is 1. The zero-order chi connectivity index (χ0) is 18.1. The van der Waals surface area contributed by atoms with Crippen molar-refractivity contribution in [2.24, 2.45) is 0 Å². The second-order valence-corrected chi connectivity index (χ2v) is 6.51. The molecule has 0 atom stereocenters. The van der Waals surface area contributed by atoms with Crippen LogP contribution in [0.15, 0.2) is 79.1 Å². The van der Waals surface area contributed by atoms with Gasteiger partial charge in [-0.25, -0.2) is 0 Å². The van der Waals surface area contributed by atoms with Gasteiger partial charge in [-0.15, -0.1) is 0 Å². The maximum atomic E-state index is 11.0. The summed E-state index contributed by atoms with van der Waals surface area (Å²) in [5.74, 6) is 0. The Labute approximate surface area is 151 Å². The van der Waals surface area contributed by atoms with E-state index in [4.69, 9.17) is 0 Å². The molecule has 128 valence electrons. The fraction of sp³-hybridized carbons (Fsp3) is 0.0909. The van der Waals surface area contributed by atoms with Gasteiger partial charge in [-0.2, -0.15) is 0 Å². The van der Waals surface area contributed by atoms with Crippen molar-refractivity contribution < 1.29 is 4.92 Å². The number of nitrogens with zero attached hydrogens (tertiary/aromatic N) is 2. The van der Waals surface area contributed by atoms with Crippen LogP contribution >= 0.6 is 0 Å². The minimum Gasteiger partial charge on any atom is -0.323 e. The summed E-state index contributed by atoms with van der Waals surface area (Å²) in [7, 11) is 0. The van der Waals surface area contributed by atoms with Crippen LogP contribution in [-0.4, -0.2) is 9.32 Å². The third-order valence-corrected chi connectivity index (χ3v) is 4.67. The third-order valence-electron chi connectivity index (χ3n) is 4.67. The topological polar surface area (TPSA) is 47.5 Å². The Morgan fingerprint density at radius 1 is 0.923 bits per heavy atom. The van der Waals surface area contributed by atoms with E-state index in [1.165, 1.54) is 22.8 Å². The number of benzene rings is 2. The van der Waals surface area contributed by atoms with Crippen molar-refractivity contribution in [3.8, 4) is 11.1 Å². The summed E-state index contributed by atoms with van der Waals surface area (Å²) >= 11 is 0. The van der Waals surface area contributed by atoms with Crippen molar-refractivity contribution in [1.29, 1.82) is 0 Å². The van der Waals surface area contributed by atoms with E-state index >= 15 is 0 Å². The maximum Gasteiger partial charge on any atom is 0.270 e. The number of fused-ring (bicyclic) bond motifs is 1. The number of aromatic nitrogens is 1. The Morgan fingerprint density at radius 2 is 1.73 bits per heavy atom. The number of nitro benzene ring substituents is 1. The van der Waals surface area contributed by atoms with Gasteiger partial charge in [0.1, 0.15) is 0 Å². The minimum atomic E-state index is -0.360. The van der Waals surface area contributed by atoms with E-state index in [1.807, 2.05) is 18.3 Å². The van der Waals surface area contributed by atoms with Crippen LogP contribution in [0.4, 0.5) is 5.69 Å². The SMILES string of the molecule is Cc1cn2cc(-c3cccc([N+](=O)[O-])c3)cc2cc1Cc1ccccc1. The van der Waals surface area contributed by atoms with Crippen molar-refractivity contribution >= 4 is 11.2 Å². The largest absolute Gasteiger partial charge is 0.323 e. The fourth-order valence-electron chi connectivity index (χ4n) is 3.27. The highest BCUT2D eigenvalue weighted by Gasteiger charge is 2.10. The lowest BCUT2D eigenvalue weighted by Crippen LogP contribution is -1.94. The molecule has 0 aliphatic heterocycles. The van der Waals surface area contributed by atoms with Gasteiger partial charge in [0, 0.05) is 35.6 Å². The van der Waals surface area contributed by atoms with Gasteiger partial charge in [-0.1, -0.05) is 42.5 Å². The molecular weight excluding hydrogens is 324 g/mol. The van der Waals surface area contributed by atoms with Gasteiger partial charge < -0.3 is 4.40 Å². The average Bonchev–Trinajstić information content (AvgIpc) is 3.06. The molecule has 0 radical (unpaired) electrons. The van der Waals surface area contributed by atoms with Gasteiger partial charge in [0.25, 0.3) is 5.69 Å².